The van der Waals surface area contributed by atoms with Crippen molar-refractivity contribution in [3.63, 3.8) is 0 Å². The molecule has 27 heavy (non-hydrogen) atoms. The first-order valence-electron chi connectivity index (χ1n) is 8.88. The molecule has 0 aromatic heterocycles. The summed E-state index contributed by atoms with van der Waals surface area (Å²) in [7, 11) is 2.54. The number of carbonyl (C=O) groups excluding carboxylic acids is 2. The van der Waals surface area contributed by atoms with E-state index in [9.17, 15) is 9.59 Å². The number of methoxy groups -OCH3 is 2. The highest BCUT2D eigenvalue weighted by molar-refractivity contribution is 6.00. The summed E-state index contributed by atoms with van der Waals surface area (Å²) in [6, 6.07) is 8.60. The van der Waals surface area contributed by atoms with Crippen LogP contribution in [0, 0.1) is 13.8 Å². The van der Waals surface area contributed by atoms with Crippen LogP contribution in [-0.4, -0.2) is 26.2 Å². The molecule has 0 N–H and O–H groups in total. The molecule has 0 aromatic rings. The van der Waals surface area contributed by atoms with Crippen LogP contribution in [0.2, 0.25) is 0 Å². The number of esters is 2. The molecule has 0 spiro atoms. The highest BCUT2D eigenvalue weighted by Gasteiger charge is 2.16. The van der Waals surface area contributed by atoms with Crippen LogP contribution in [0.25, 0.3) is 17.2 Å². The zero-order valence-electron chi connectivity index (χ0n) is 16.8. The lowest BCUT2D eigenvalue weighted by molar-refractivity contribution is -0.138. The Hall–Kier alpha value is -2.88. The second kappa shape index (κ2) is 8.67. The third kappa shape index (κ3) is 4.64. The van der Waals surface area contributed by atoms with E-state index < -0.39 is 11.9 Å². The molecule has 0 aliphatic heterocycles. The van der Waals surface area contributed by atoms with Gasteiger partial charge in [0.25, 0.3) is 0 Å². The van der Waals surface area contributed by atoms with Crippen LogP contribution in [0.3, 0.4) is 0 Å². The minimum absolute atomic E-state index is 0.136. The third-order valence-electron chi connectivity index (χ3n) is 4.59. The molecule has 0 saturated heterocycles. The molecule has 2 aliphatic carbocycles. The lowest BCUT2D eigenvalue weighted by atomic mass is 10.0. The molecule has 2 aliphatic rings. The van der Waals surface area contributed by atoms with E-state index in [1.165, 1.54) is 30.9 Å². The molecule has 0 heterocycles. The lowest BCUT2D eigenvalue weighted by Gasteiger charge is -2.04. The average molecular weight is 366 g/mol. The summed E-state index contributed by atoms with van der Waals surface area (Å²) in [5, 5.41) is 0. The Labute approximate surface area is 160 Å². The number of fused-ring (bicyclic) bond motifs is 1. The standard InChI is InChI=1S/C23H26O4/c1-14(2)17-8-7-15(3)22-18(11-16(4)20(22)12-17)9-10-19(23(25)27-6)13-21(24)26-5/h7-14H,1-6H3/b10-9+,19-13+. The fourth-order valence-electron chi connectivity index (χ4n) is 3.03. The van der Waals surface area contributed by atoms with Gasteiger partial charge in [0.2, 0.25) is 0 Å². The maximum Gasteiger partial charge on any atom is 0.338 e. The SMILES string of the molecule is COC(=O)/C=C(\C=C\c1cc(C)c2cc(C(C)C)ccc(C)c1-2)C(=O)OC. The minimum Gasteiger partial charge on any atom is -0.466 e. The Bertz CT molecular complexity index is 888. The second-order valence-electron chi connectivity index (χ2n) is 6.83. The van der Waals surface area contributed by atoms with Crippen molar-refractivity contribution in [2.24, 2.45) is 0 Å². The van der Waals surface area contributed by atoms with Gasteiger partial charge in [-0.15, -0.1) is 0 Å². The Morgan fingerprint density at radius 2 is 1.70 bits per heavy atom. The van der Waals surface area contributed by atoms with Gasteiger partial charge in [0.15, 0.2) is 0 Å². The van der Waals surface area contributed by atoms with Gasteiger partial charge < -0.3 is 9.47 Å². The van der Waals surface area contributed by atoms with E-state index in [1.54, 1.807) is 6.08 Å². The van der Waals surface area contributed by atoms with Crippen molar-refractivity contribution in [1.29, 1.82) is 0 Å². The number of hydrogen-bond acceptors (Lipinski definition) is 4. The monoisotopic (exact) mass is 366 g/mol. The van der Waals surface area contributed by atoms with Gasteiger partial charge in [-0.05, 0) is 59.2 Å². The zero-order valence-corrected chi connectivity index (χ0v) is 16.8. The molecule has 0 unspecified atom stereocenters. The molecule has 142 valence electrons. The lowest BCUT2D eigenvalue weighted by Crippen LogP contribution is -2.06. The molecule has 4 heteroatoms. The molecule has 0 bridgehead atoms. The quantitative estimate of drug-likeness (QED) is 0.433. The van der Waals surface area contributed by atoms with Crippen LogP contribution in [-0.2, 0) is 19.1 Å². The van der Waals surface area contributed by atoms with Crippen molar-refractivity contribution in [2.45, 2.75) is 33.6 Å². The fraction of sp³-hybridized carbons (Fsp3) is 0.304. The predicted molar refractivity (Wildman–Crippen MR) is 108 cm³/mol. The van der Waals surface area contributed by atoms with Crippen LogP contribution in [0.4, 0.5) is 0 Å². The maximum absolute atomic E-state index is 11.9. The van der Waals surface area contributed by atoms with Crippen molar-refractivity contribution < 1.29 is 19.1 Å². The van der Waals surface area contributed by atoms with E-state index in [0.29, 0.717) is 5.92 Å². The molecular weight excluding hydrogens is 340 g/mol. The Morgan fingerprint density at radius 1 is 1.00 bits per heavy atom. The number of carbonyl (C=O) groups is 2. The third-order valence-corrected chi connectivity index (χ3v) is 4.59. The van der Waals surface area contributed by atoms with Gasteiger partial charge in [0.1, 0.15) is 0 Å². The number of aryl methyl sites for hydroxylation is 2. The van der Waals surface area contributed by atoms with E-state index in [4.69, 9.17) is 4.74 Å². The first-order chi connectivity index (χ1) is 12.8. The summed E-state index contributed by atoms with van der Waals surface area (Å²) >= 11 is 0. The second-order valence-corrected chi connectivity index (χ2v) is 6.83. The number of rotatable bonds is 5. The van der Waals surface area contributed by atoms with E-state index in [2.05, 4.69) is 56.7 Å². The molecule has 2 rings (SSSR count). The van der Waals surface area contributed by atoms with Gasteiger partial charge in [-0.1, -0.05) is 44.2 Å². The molecule has 0 aromatic carbocycles. The van der Waals surface area contributed by atoms with Gasteiger partial charge in [-0.25, -0.2) is 9.59 Å². The fourth-order valence-corrected chi connectivity index (χ4v) is 3.03. The van der Waals surface area contributed by atoms with Crippen LogP contribution < -0.4 is 0 Å². The van der Waals surface area contributed by atoms with Gasteiger partial charge in [0.05, 0.1) is 19.8 Å². The van der Waals surface area contributed by atoms with Crippen molar-refractivity contribution in [2.75, 3.05) is 14.2 Å². The zero-order chi connectivity index (χ0) is 20.1. The summed E-state index contributed by atoms with van der Waals surface area (Å²) < 4.78 is 9.37. The van der Waals surface area contributed by atoms with E-state index >= 15 is 0 Å². The highest BCUT2D eigenvalue weighted by Crippen LogP contribution is 2.36. The van der Waals surface area contributed by atoms with Crippen molar-refractivity contribution in [3.05, 3.63) is 64.2 Å². The van der Waals surface area contributed by atoms with Gasteiger partial charge in [-0.3, -0.25) is 0 Å². The topological polar surface area (TPSA) is 52.6 Å². The Kier molecular flexibility index (Phi) is 6.56. The van der Waals surface area contributed by atoms with Gasteiger partial charge >= 0.3 is 11.9 Å². The van der Waals surface area contributed by atoms with E-state index in [-0.39, 0.29) is 5.57 Å². The molecule has 0 fully saturated rings. The van der Waals surface area contributed by atoms with Crippen LogP contribution >= 0.6 is 0 Å². The molecule has 0 saturated carbocycles. The number of hydrogen-bond donors (Lipinski definition) is 0. The maximum atomic E-state index is 11.9. The predicted octanol–water partition coefficient (Wildman–Crippen LogP) is 4.82. The summed E-state index contributed by atoms with van der Waals surface area (Å²) in [5.74, 6) is -0.761. The minimum atomic E-state index is -0.604. The summed E-state index contributed by atoms with van der Waals surface area (Å²) in [6.45, 7) is 8.51. The van der Waals surface area contributed by atoms with Crippen molar-refractivity contribution >= 4 is 18.0 Å². The van der Waals surface area contributed by atoms with Crippen molar-refractivity contribution in [3.8, 4) is 11.1 Å². The molecule has 4 nitrogen and oxygen atoms in total. The van der Waals surface area contributed by atoms with Gasteiger partial charge in [-0.2, -0.15) is 0 Å². The van der Waals surface area contributed by atoms with E-state index in [1.807, 2.05) is 6.08 Å². The largest absolute Gasteiger partial charge is 0.466 e. The summed E-state index contributed by atoms with van der Waals surface area (Å²) in [4.78, 5) is 23.5. The first kappa shape index (κ1) is 20.4. The smallest absolute Gasteiger partial charge is 0.338 e. The first-order valence-corrected chi connectivity index (χ1v) is 8.88. The summed E-state index contributed by atoms with van der Waals surface area (Å²) in [5.41, 5.74) is 7.06. The summed E-state index contributed by atoms with van der Waals surface area (Å²) in [6.07, 6.45) is 4.56. The molecule has 0 amide bonds. The van der Waals surface area contributed by atoms with Crippen LogP contribution in [0.1, 0.15) is 42.0 Å². The Morgan fingerprint density at radius 3 is 2.30 bits per heavy atom. The average Bonchev–Trinajstić information content (AvgIpc) is 2.83. The highest BCUT2D eigenvalue weighted by atomic mass is 16.5. The molecule has 0 radical (unpaired) electrons. The van der Waals surface area contributed by atoms with Crippen LogP contribution in [0.5, 0.6) is 0 Å². The molecular formula is C23H26O4. The van der Waals surface area contributed by atoms with Gasteiger partial charge in [0, 0.05) is 6.08 Å². The Balaban J connectivity index is 2.54. The molecule has 0 atom stereocenters. The van der Waals surface area contributed by atoms with E-state index in [0.717, 1.165) is 22.8 Å². The van der Waals surface area contributed by atoms with Crippen molar-refractivity contribution in [1.82, 2.24) is 0 Å². The van der Waals surface area contributed by atoms with Crippen LogP contribution in [0.15, 0.2) is 42.0 Å². The number of ether oxygens (including phenoxy) is 2. The normalized spacial score (nSPS) is 12.0.